The Labute approximate surface area is 103 Å². The normalized spacial score (nSPS) is 13.3. The van der Waals surface area contributed by atoms with Crippen molar-refractivity contribution < 1.29 is 0 Å². The quantitative estimate of drug-likeness (QED) is 0.766. The molecule has 92 valence electrons. The zero-order valence-electron chi connectivity index (χ0n) is 10.8. The number of hydrogen-bond acceptors (Lipinski definition) is 3. The molecule has 1 atom stereocenters. The van der Waals surface area contributed by atoms with Crippen molar-refractivity contribution in [1.82, 2.24) is 10.6 Å². The smallest absolute Gasteiger partial charge is 0.0302 e. The standard InChI is InChI=1S/C13H24N2S/c1-5-12-6-7-13(16-12)9-15-11(4)8-14-10(2)3/h6-7,10-11,14-15H,5,8-9H2,1-4H3. The van der Waals surface area contributed by atoms with Gasteiger partial charge in [-0.2, -0.15) is 0 Å². The highest BCUT2D eigenvalue weighted by atomic mass is 32.1. The van der Waals surface area contributed by atoms with Crippen LogP contribution in [0.3, 0.4) is 0 Å². The number of thiophene rings is 1. The van der Waals surface area contributed by atoms with E-state index in [9.17, 15) is 0 Å². The van der Waals surface area contributed by atoms with Gasteiger partial charge in [0.25, 0.3) is 0 Å². The molecule has 0 aliphatic carbocycles. The van der Waals surface area contributed by atoms with E-state index in [2.05, 4.69) is 50.5 Å². The first-order valence-electron chi connectivity index (χ1n) is 6.16. The molecule has 1 heterocycles. The third-order valence-electron chi connectivity index (χ3n) is 2.52. The summed E-state index contributed by atoms with van der Waals surface area (Å²) in [7, 11) is 0. The van der Waals surface area contributed by atoms with Crippen LogP contribution in [0.4, 0.5) is 0 Å². The van der Waals surface area contributed by atoms with E-state index in [1.165, 1.54) is 9.75 Å². The van der Waals surface area contributed by atoms with Crippen molar-refractivity contribution in [3.8, 4) is 0 Å². The fourth-order valence-corrected chi connectivity index (χ4v) is 2.38. The van der Waals surface area contributed by atoms with Crippen molar-refractivity contribution in [2.24, 2.45) is 0 Å². The third-order valence-corrected chi connectivity index (χ3v) is 3.75. The predicted octanol–water partition coefficient (Wildman–Crippen LogP) is 2.79. The fraction of sp³-hybridized carbons (Fsp3) is 0.692. The molecule has 16 heavy (non-hydrogen) atoms. The van der Waals surface area contributed by atoms with Crippen molar-refractivity contribution in [3.63, 3.8) is 0 Å². The average molecular weight is 240 g/mol. The van der Waals surface area contributed by atoms with Crippen LogP contribution in [-0.2, 0) is 13.0 Å². The van der Waals surface area contributed by atoms with Gasteiger partial charge in [-0.1, -0.05) is 20.8 Å². The maximum Gasteiger partial charge on any atom is 0.0302 e. The molecule has 0 spiro atoms. The topological polar surface area (TPSA) is 24.1 Å². The largest absolute Gasteiger partial charge is 0.313 e. The summed E-state index contributed by atoms with van der Waals surface area (Å²) in [5, 5.41) is 6.98. The molecule has 2 N–H and O–H groups in total. The number of hydrogen-bond donors (Lipinski definition) is 2. The molecule has 0 saturated carbocycles. The molecular formula is C13H24N2S. The summed E-state index contributed by atoms with van der Waals surface area (Å²) >= 11 is 1.92. The molecule has 0 aromatic carbocycles. The van der Waals surface area contributed by atoms with E-state index in [1.54, 1.807) is 0 Å². The molecular weight excluding hydrogens is 216 g/mol. The zero-order valence-corrected chi connectivity index (χ0v) is 11.7. The van der Waals surface area contributed by atoms with Crippen molar-refractivity contribution in [1.29, 1.82) is 0 Å². The fourth-order valence-electron chi connectivity index (χ4n) is 1.47. The average Bonchev–Trinajstić information content (AvgIpc) is 2.71. The van der Waals surface area contributed by atoms with E-state index in [0.717, 1.165) is 19.5 Å². The Morgan fingerprint density at radius 3 is 2.38 bits per heavy atom. The Balaban J connectivity index is 2.23. The summed E-state index contributed by atoms with van der Waals surface area (Å²) < 4.78 is 0. The van der Waals surface area contributed by atoms with Crippen LogP contribution in [0.5, 0.6) is 0 Å². The van der Waals surface area contributed by atoms with E-state index >= 15 is 0 Å². The van der Waals surface area contributed by atoms with Gasteiger partial charge in [0.15, 0.2) is 0 Å². The Kier molecular flexibility index (Phi) is 6.03. The molecule has 2 nitrogen and oxygen atoms in total. The Hall–Kier alpha value is -0.380. The van der Waals surface area contributed by atoms with Gasteiger partial charge >= 0.3 is 0 Å². The minimum absolute atomic E-state index is 0.523. The lowest BCUT2D eigenvalue weighted by Gasteiger charge is -2.15. The van der Waals surface area contributed by atoms with E-state index in [-0.39, 0.29) is 0 Å². The first-order chi connectivity index (χ1) is 7.61. The molecule has 0 saturated heterocycles. The zero-order chi connectivity index (χ0) is 12.0. The number of aryl methyl sites for hydroxylation is 1. The van der Waals surface area contributed by atoms with Crippen molar-refractivity contribution in [2.75, 3.05) is 6.54 Å². The van der Waals surface area contributed by atoms with E-state index in [0.29, 0.717) is 12.1 Å². The molecule has 3 heteroatoms. The van der Waals surface area contributed by atoms with Crippen molar-refractivity contribution in [3.05, 3.63) is 21.9 Å². The minimum Gasteiger partial charge on any atom is -0.313 e. The first kappa shape index (κ1) is 13.7. The van der Waals surface area contributed by atoms with Crippen molar-refractivity contribution >= 4 is 11.3 Å². The molecule has 0 amide bonds. The third kappa shape index (κ3) is 5.10. The van der Waals surface area contributed by atoms with Crippen LogP contribution >= 0.6 is 11.3 Å². The Morgan fingerprint density at radius 2 is 1.81 bits per heavy atom. The molecule has 0 radical (unpaired) electrons. The lowest BCUT2D eigenvalue weighted by molar-refractivity contribution is 0.475. The van der Waals surface area contributed by atoms with Gasteiger partial charge in [0, 0.05) is 34.9 Å². The maximum absolute atomic E-state index is 3.54. The lowest BCUT2D eigenvalue weighted by atomic mass is 10.3. The van der Waals surface area contributed by atoms with Gasteiger partial charge in [-0.25, -0.2) is 0 Å². The second-order valence-electron chi connectivity index (χ2n) is 4.57. The van der Waals surface area contributed by atoms with E-state index in [1.807, 2.05) is 11.3 Å². The van der Waals surface area contributed by atoms with Crippen LogP contribution in [0.1, 0.15) is 37.4 Å². The second kappa shape index (κ2) is 7.05. The first-order valence-corrected chi connectivity index (χ1v) is 6.97. The molecule has 0 aliphatic rings. The molecule has 0 fully saturated rings. The molecule has 0 aliphatic heterocycles. The molecule has 0 bridgehead atoms. The number of nitrogens with one attached hydrogen (secondary N) is 2. The highest BCUT2D eigenvalue weighted by molar-refractivity contribution is 7.11. The van der Waals surface area contributed by atoms with Gasteiger partial charge < -0.3 is 10.6 Å². The predicted molar refractivity (Wildman–Crippen MR) is 73.1 cm³/mol. The summed E-state index contributed by atoms with van der Waals surface area (Å²) in [6, 6.07) is 5.56. The lowest BCUT2D eigenvalue weighted by Crippen LogP contribution is -2.38. The molecule has 1 aromatic heterocycles. The highest BCUT2D eigenvalue weighted by Crippen LogP contribution is 2.16. The summed E-state index contributed by atoms with van der Waals surface area (Å²) in [5.41, 5.74) is 0. The van der Waals surface area contributed by atoms with Gasteiger partial charge in [-0.3, -0.25) is 0 Å². The molecule has 1 unspecified atom stereocenters. The summed E-state index contributed by atoms with van der Waals surface area (Å²) in [5.74, 6) is 0. The van der Waals surface area contributed by atoms with Crippen LogP contribution in [0.25, 0.3) is 0 Å². The maximum atomic E-state index is 3.54. The van der Waals surface area contributed by atoms with Gasteiger partial charge in [0.05, 0.1) is 0 Å². The Morgan fingerprint density at radius 1 is 1.12 bits per heavy atom. The van der Waals surface area contributed by atoms with Gasteiger partial charge in [0.2, 0.25) is 0 Å². The summed E-state index contributed by atoms with van der Waals surface area (Å²) in [6.07, 6.45) is 1.15. The molecule has 1 rings (SSSR count). The highest BCUT2D eigenvalue weighted by Gasteiger charge is 2.03. The van der Waals surface area contributed by atoms with Crippen LogP contribution in [0.15, 0.2) is 12.1 Å². The van der Waals surface area contributed by atoms with Crippen LogP contribution in [0, 0.1) is 0 Å². The van der Waals surface area contributed by atoms with Crippen LogP contribution < -0.4 is 10.6 Å². The van der Waals surface area contributed by atoms with Gasteiger partial charge in [-0.05, 0) is 25.5 Å². The Bertz CT molecular complexity index is 294. The van der Waals surface area contributed by atoms with Crippen LogP contribution in [0.2, 0.25) is 0 Å². The summed E-state index contributed by atoms with van der Waals surface area (Å²) in [6.45, 7) is 10.8. The number of rotatable bonds is 7. The van der Waals surface area contributed by atoms with E-state index < -0.39 is 0 Å². The van der Waals surface area contributed by atoms with E-state index in [4.69, 9.17) is 0 Å². The summed E-state index contributed by atoms with van der Waals surface area (Å²) in [4.78, 5) is 2.91. The second-order valence-corrected chi connectivity index (χ2v) is 5.82. The van der Waals surface area contributed by atoms with Crippen LogP contribution in [-0.4, -0.2) is 18.6 Å². The monoisotopic (exact) mass is 240 g/mol. The minimum atomic E-state index is 0.523. The molecule has 1 aromatic rings. The van der Waals surface area contributed by atoms with Gasteiger partial charge in [-0.15, -0.1) is 11.3 Å². The van der Waals surface area contributed by atoms with Gasteiger partial charge in [0.1, 0.15) is 0 Å². The van der Waals surface area contributed by atoms with Crippen molar-refractivity contribution in [2.45, 2.75) is 52.7 Å². The SMILES string of the molecule is CCc1ccc(CNC(C)CNC(C)C)s1.